The zero-order valence-corrected chi connectivity index (χ0v) is 25.2. The molecule has 3 aromatic carbocycles. The van der Waals surface area contributed by atoms with Gasteiger partial charge >= 0.3 is 5.97 Å². The van der Waals surface area contributed by atoms with Gasteiger partial charge in [0.1, 0.15) is 28.8 Å². The Labute approximate surface area is 258 Å². The van der Waals surface area contributed by atoms with E-state index in [-0.39, 0.29) is 30.0 Å². The lowest BCUT2D eigenvalue weighted by atomic mass is 9.92. The number of halogens is 2. The average Bonchev–Trinajstić information content (AvgIpc) is 3.61. The number of nitrogens with zero attached hydrogens (tertiary/aromatic N) is 2. The Morgan fingerprint density at radius 1 is 1.02 bits per heavy atom. The summed E-state index contributed by atoms with van der Waals surface area (Å²) in [5, 5.41) is 7.87. The molecule has 3 atom stereocenters. The van der Waals surface area contributed by atoms with E-state index in [1.165, 1.54) is 12.0 Å². The molecule has 4 aromatic rings. The molecule has 2 amide bonds. The van der Waals surface area contributed by atoms with Crippen molar-refractivity contribution in [3.05, 3.63) is 105 Å². The molecule has 1 aromatic heterocycles. The summed E-state index contributed by atoms with van der Waals surface area (Å²) < 4.78 is 15.8. The molecule has 1 N–H and O–H groups in total. The van der Waals surface area contributed by atoms with Crippen molar-refractivity contribution in [2.75, 3.05) is 14.2 Å². The first-order valence-electron chi connectivity index (χ1n) is 13.5. The lowest BCUT2D eigenvalue weighted by Gasteiger charge is -2.31. The Hall–Kier alpha value is -4.34. The fourth-order valence-electron chi connectivity index (χ4n) is 5.47. The van der Waals surface area contributed by atoms with Gasteiger partial charge in [-0.25, -0.2) is 0 Å². The molecule has 0 radical (unpaired) electrons. The number of rotatable bonds is 8. The van der Waals surface area contributed by atoms with E-state index < -0.39 is 35.8 Å². The number of amides is 2. The van der Waals surface area contributed by atoms with Crippen LogP contribution >= 0.6 is 23.2 Å². The molecule has 1 fully saturated rings. The summed E-state index contributed by atoms with van der Waals surface area (Å²) in [7, 11) is 2.85. The molecule has 3 unspecified atom stereocenters. The summed E-state index contributed by atoms with van der Waals surface area (Å²) in [5.41, 5.74) is 2.27. The summed E-state index contributed by atoms with van der Waals surface area (Å²) in [6.07, 6.45) is 0.0236. The molecule has 0 bridgehead atoms. The zero-order valence-electron chi connectivity index (χ0n) is 23.7. The van der Waals surface area contributed by atoms with E-state index in [0.29, 0.717) is 26.9 Å². The molecule has 1 saturated heterocycles. The summed E-state index contributed by atoms with van der Waals surface area (Å²) in [5.74, 6) is -1.46. The number of nitrogens with one attached hydrogen (secondary N) is 1. The summed E-state index contributed by atoms with van der Waals surface area (Å²) in [6, 6.07) is 19.1. The van der Waals surface area contributed by atoms with Crippen molar-refractivity contribution in [2.24, 2.45) is 5.92 Å². The minimum atomic E-state index is -1.03. The summed E-state index contributed by atoms with van der Waals surface area (Å²) >= 11 is 12.8. The van der Waals surface area contributed by atoms with E-state index in [0.717, 1.165) is 5.56 Å². The number of esters is 1. The second kappa shape index (κ2) is 12.9. The van der Waals surface area contributed by atoms with Crippen molar-refractivity contribution >= 4 is 41.0 Å². The lowest BCUT2D eigenvalue weighted by molar-refractivity contribution is -0.146. The predicted octanol–water partition coefficient (Wildman–Crippen LogP) is 6.03. The number of hydrogen-bond acceptors (Lipinski definition) is 7. The predicted molar refractivity (Wildman–Crippen MR) is 161 cm³/mol. The third-order valence-electron chi connectivity index (χ3n) is 7.56. The van der Waals surface area contributed by atoms with Crippen LogP contribution in [-0.4, -0.2) is 48.1 Å². The molecular formula is C32H29Cl2N3O6. The smallest absolute Gasteiger partial charge is 0.311 e. The van der Waals surface area contributed by atoms with Crippen molar-refractivity contribution in [3.8, 4) is 17.0 Å². The van der Waals surface area contributed by atoms with Crippen LogP contribution in [-0.2, 0) is 20.9 Å². The molecule has 0 aliphatic carbocycles. The zero-order chi connectivity index (χ0) is 30.7. The van der Waals surface area contributed by atoms with E-state index in [9.17, 15) is 14.4 Å². The van der Waals surface area contributed by atoms with Gasteiger partial charge in [-0.3, -0.25) is 14.4 Å². The molecule has 9 nitrogen and oxygen atoms in total. The SMILES string of the molecule is COC(=O)C1CC(C(=O)NCc2ccc(OC)cc2)N(C(=O)c2c(-c3ccccc3Cl)noc2C)C1c1cccc(Cl)c1. The van der Waals surface area contributed by atoms with E-state index in [1.807, 2.05) is 12.1 Å². The molecule has 2 heterocycles. The van der Waals surface area contributed by atoms with E-state index in [2.05, 4.69) is 10.5 Å². The highest BCUT2D eigenvalue weighted by Crippen LogP contribution is 2.45. The van der Waals surface area contributed by atoms with Crippen LogP contribution in [0.3, 0.4) is 0 Å². The Kier molecular flexibility index (Phi) is 9.03. The van der Waals surface area contributed by atoms with Crippen molar-refractivity contribution in [2.45, 2.75) is 32.0 Å². The molecule has 43 heavy (non-hydrogen) atoms. The monoisotopic (exact) mass is 621 g/mol. The fraction of sp³-hybridized carbons (Fsp3) is 0.250. The van der Waals surface area contributed by atoms with Crippen molar-refractivity contribution in [1.82, 2.24) is 15.4 Å². The van der Waals surface area contributed by atoms with Crippen LogP contribution in [0.25, 0.3) is 11.3 Å². The molecule has 5 rings (SSSR count). The third kappa shape index (κ3) is 6.09. The molecule has 222 valence electrons. The first kappa shape index (κ1) is 30.1. The van der Waals surface area contributed by atoms with Crippen LogP contribution in [0.4, 0.5) is 0 Å². The number of carbonyl (C=O) groups is 3. The second-order valence-electron chi connectivity index (χ2n) is 10.1. The van der Waals surface area contributed by atoms with Gasteiger partial charge in [0.2, 0.25) is 5.91 Å². The Morgan fingerprint density at radius 3 is 2.44 bits per heavy atom. The van der Waals surface area contributed by atoms with Gasteiger partial charge < -0.3 is 24.2 Å². The maximum atomic E-state index is 14.6. The average molecular weight is 623 g/mol. The first-order chi connectivity index (χ1) is 20.7. The van der Waals surface area contributed by atoms with Gasteiger partial charge in [-0.2, -0.15) is 0 Å². The summed E-state index contributed by atoms with van der Waals surface area (Å²) in [4.78, 5) is 43.0. The van der Waals surface area contributed by atoms with Gasteiger partial charge in [0, 0.05) is 17.1 Å². The van der Waals surface area contributed by atoms with Gasteiger partial charge in [0.25, 0.3) is 5.91 Å². The van der Waals surface area contributed by atoms with Crippen LogP contribution in [0.2, 0.25) is 10.0 Å². The van der Waals surface area contributed by atoms with E-state index in [1.54, 1.807) is 74.7 Å². The molecule has 0 saturated carbocycles. The van der Waals surface area contributed by atoms with Crippen LogP contribution in [0.15, 0.2) is 77.3 Å². The molecular weight excluding hydrogens is 593 g/mol. The number of likely N-dealkylation sites (tertiary alicyclic amines) is 1. The van der Waals surface area contributed by atoms with E-state index >= 15 is 0 Å². The fourth-order valence-corrected chi connectivity index (χ4v) is 5.90. The highest BCUT2D eigenvalue weighted by Gasteiger charge is 2.52. The van der Waals surface area contributed by atoms with Crippen molar-refractivity contribution in [1.29, 1.82) is 0 Å². The number of hydrogen-bond donors (Lipinski definition) is 1. The highest BCUT2D eigenvalue weighted by molar-refractivity contribution is 6.33. The molecule has 1 aliphatic heterocycles. The van der Waals surface area contributed by atoms with Crippen molar-refractivity contribution < 1.29 is 28.4 Å². The number of methoxy groups -OCH3 is 2. The minimum absolute atomic E-state index is 0.0236. The van der Waals surface area contributed by atoms with Gasteiger partial charge in [0.15, 0.2) is 0 Å². The topological polar surface area (TPSA) is 111 Å². The number of ether oxygens (including phenoxy) is 2. The van der Waals surface area contributed by atoms with Crippen molar-refractivity contribution in [3.63, 3.8) is 0 Å². The van der Waals surface area contributed by atoms with Gasteiger partial charge in [-0.05, 0) is 54.8 Å². The second-order valence-corrected chi connectivity index (χ2v) is 10.9. The number of aryl methyl sites for hydroxylation is 1. The Balaban J connectivity index is 1.58. The highest BCUT2D eigenvalue weighted by atomic mass is 35.5. The third-order valence-corrected chi connectivity index (χ3v) is 8.12. The van der Waals surface area contributed by atoms with Crippen LogP contribution in [0, 0.1) is 12.8 Å². The maximum Gasteiger partial charge on any atom is 0.311 e. The first-order valence-corrected chi connectivity index (χ1v) is 14.3. The molecule has 0 spiro atoms. The Morgan fingerprint density at radius 2 is 1.77 bits per heavy atom. The summed E-state index contributed by atoms with van der Waals surface area (Å²) in [6.45, 7) is 1.81. The molecule has 11 heteroatoms. The van der Waals surface area contributed by atoms with Gasteiger partial charge in [0.05, 0.1) is 31.2 Å². The van der Waals surface area contributed by atoms with Crippen LogP contribution in [0.5, 0.6) is 5.75 Å². The van der Waals surface area contributed by atoms with Gasteiger partial charge in [-0.15, -0.1) is 0 Å². The number of aromatic nitrogens is 1. The normalized spacial score (nSPS) is 17.9. The number of carbonyl (C=O) groups excluding carboxylic acids is 3. The Bertz CT molecular complexity index is 1660. The largest absolute Gasteiger partial charge is 0.497 e. The van der Waals surface area contributed by atoms with Crippen LogP contribution in [0.1, 0.15) is 39.7 Å². The number of benzene rings is 3. The quantitative estimate of drug-likeness (QED) is 0.239. The van der Waals surface area contributed by atoms with Gasteiger partial charge in [-0.1, -0.05) is 70.8 Å². The minimum Gasteiger partial charge on any atom is -0.497 e. The van der Waals surface area contributed by atoms with Crippen LogP contribution < -0.4 is 10.1 Å². The standard InChI is InChI=1S/C32H29Cl2N3O6/c1-18-27(28(36-43-18)23-9-4-5-10-25(23)34)31(39)37-26(30(38)35-17-19-11-13-22(41-2)14-12-19)16-24(32(40)42-3)29(37)20-7-6-8-21(33)15-20/h4-15,24,26,29H,16-17H2,1-3H3,(H,35,38). The maximum absolute atomic E-state index is 14.6. The lowest BCUT2D eigenvalue weighted by Crippen LogP contribution is -2.47. The molecule has 1 aliphatic rings. The van der Waals surface area contributed by atoms with E-state index in [4.69, 9.17) is 37.2 Å².